The first-order valence-corrected chi connectivity index (χ1v) is 3.88. The highest BCUT2D eigenvalue weighted by atomic mass is 16.4. The van der Waals surface area contributed by atoms with Crippen LogP contribution in [0.5, 0.6) is 0 Å². The van der Waals surface area contributed by atoms with Crippen LogP contribution in [0.15, 0.2) is 0 Å². The highest BCUT2D eigenvalue weighted by Gasteiger charge is 2.46. The molecule has 1 N–H and O–H groups in total. The molecule has 0 heterocycles. The Hall–Kier alpha value is -0.860. The number of carbonyl (C=O) groups excluding carboxylic acids is 1. The van der Waals surface area contributed by atoms with Gasteiger partial charge in [-0.1, -0.05) is 13.8 Å². The SMILES string of the molecule is CC(=O)C(C)(C)C(C)(C)C(=O)O. The van der Waals surface area contributed by atoms with E-state index < -0.39 is 16.8 Å². The van der Waals surface area contributed by atoms with E-state index in [1.54, 1.807) is 27.7 Å². The fraction of sp³-hybridized carbons (Fsp3) is 0.778. The van der Waals surface area contributed by atoms with E-state index in [4.69, 9.17) is 5.11 Å². The Morgan fingerprint density at radius 1 is 1.00 bits per heavy atom. The minimum Gasteiger partial charge on any atom is -0.481 e. The number of aliphatic carboxylic acids is 1. The fourth-order valence-corrected chi connectivity index (χ4v) is 0.707. The summed E-state index contributed by atoms with van der Waals surface area (Å²) in [4.78, 5) is 22.0. The van der Waals surface area contributed by atoms with E-state index in [9.17, 15) is 9.59 Å². The summed E-state index contributed by atoms with van der Waals surface area (Å²) in [6.45, 7) is 7.87. The molecule has 0 saturated carbocycles. The number of Topliss-reactive ketones (excluding diaryl/α,β-unsaturated/α-hetero) is 1. The van der Waals surface area contributed by atoms with Crippen LogP contribution in [-0.2, 0) is 9.59 Å². The molecule has 0 radical (unpaired) electrons. The van der Waals surface area contributed by atoms with E-state index in [0.29, 0.717) is 0 Å². The summed E-state index contributed by atoms with van der Waals surface area (Å²) in [7, 11) is 0. The van der Waals surface area contributed by atoms with Crippen LogP contribution in [0.2, 0.25) is 0 Å². The van der Waals surface area contributed by atoms with Crippen molar-refractivity contribution < 1.29 is 14.7 Å². The van der Waals surface area contributed by atoms with Crippen LogP contribution in [0.1, 0.15) is 34.6 Å². The first kappa shape index (κ1) is 11.1. The number of hydrogen-bond acceptors (Lipinski definition) is 2. The summed E-state index contributed by atoms with van der Waals surface area (Å²) < 4.78 is 0. The maximum atomic E-state index is 11.2. The third kappa shape index (κ3) is 1.49. The van der Waals surface area contributed by atoms with Crippen molar-refractivity contribution in [3.8, 4) is 0 Å². The van der Waals surface area contributed by atoms with Gasteiger partial charge in [0.05, 0.1) is 5.41 Å². The zero-order chi connectivity index (χ0) is 10.2. The van der Waals surface area contributed by atoms with Gasteiger partial charge >= 0.3 is 5.97 Å². The van der Waals surface area contributed by atoms with Gasteiger partial charge in [-0.25, -0.2) is 0 Å². The molecule has 0 aliphatic rings. The smallest absolute Gasteiger partial charge is 0.310 e. The van der Waals surface area contributed by atoms with Crippen molar-refractivity contribution in [3.63, 3.8) is 0 Å². The van der Waals surface area contributed by atoms with Crippen molar-refractivity contribution >= 4 is 11.8 Å². The summed E-state index contributed by atoms with van der Waals surface area (Å²) in [6.07, 6.45) is 0. The molecular weight excluding hydrogens is 156 g/mol. The van der Waals surface area contributed by atoms with Crippen LogP contribution in [0.4, 0.5) is 0 Å². The van der Waals surface area contributed by atoms with Gasteiger partial charge in [-0.15, -0.1) is 0 Å². The molecule has 0 fully saturated rings. The molecule has 0 aromatic heterocycles. The Morgan fingerprint density at radius 2 is 1.33 bits per heavy atom. The average Bonchev–Trinajstić information content (AvgIpc) is 1.86. The van der Waals surface area contributed by atoms with E-state index in [2.05, 4.69) is 0 Å². The molecule has 3 nitrogen and oxygen atoms in total. The third-order valence-electron chi connectivity index (χ3n) is 2.98. The summed E-state index contributed by atoms with van der Waals surface area (Å²) >= 11 is 0. The zero-order valence-corrected chi connectivity index (χ0v) is 8.26. The van der Waals surface area contributed by atoms with Crippen molar-refractivity contribution in [1.82, 2.24) is 0 Å². The lowest BCUT2D eigenvalue weighted by molar-refractivity contribution is -0.158. The molecule has 0 amide bonds. The molecule has 70 valence electrons. The summed E-state index contributed by atoms with van der Waals surface area (Å²) in [6, 6.07) is 0. The lowest BCUT2D eigenvalue weighted by atomic mass is 9.66. The standard InChI is InChI=1S/C9H16O3/c1-6(10)8(2,3)9(4,5)7(11)12/h1-5H3,(H,11,12). The van der Waals surface area contributed by atoms with E-state index in [1.165, 1.54) is 6.92 Å². The number of carboxylic acid groups (broad SMARTS) is 1. The second kappa shape index (κ2) is 2.88. The largest absolute Gasteiger partial charge is 0.481 e. The van der Waals surface area contributed by atoms with E-state index in [1.807, 2.05) is 0 Å². The summed E-state index contributed by atoms with van der Waals surface area (Å²) in [5.74, 6) is -1.04. The Bertz CT molecular complexity index is 190. The maximum absolute atomic E-state index is 11.2. The van der Waals surface area contributed by atoms with Crippen molar-refractivity contribution in [2.45, 2.75) is 34.6 Å². The molecule has 0 aromatic carbocycles. The topological polar surface area (TPSA) is 54.4 Å². The maximum Gasteiger partial charge on any atom is 0.310 e. The summed E-state index contributed by atoms with van der Waals surface area (Å²) in [5, 5.41) is 8.87. The molecule has 0 aliphatic carbocycles. The highest BCUT2D eigenvalue weighted by Crippen LogP contribution is 2.39. The highest BCUT2D eigenvalue weighted by molar-refractivity contribution is 5.89. The molecule has 0 saturated heterocycles. The molecule has 12 heavy (non-hydrogen) atoms. The Balaban J connectivity index is 5.01. The van der Waals surface area contributed by atoms with Gasteiger partial charge in [0.2, 0.25) is 0 Å². The van der Waals surface area contributed by atoms with Gasteiger partial charge in [0, 0.05) is 5.41 Å². The van der Waals surface area contributed by atoms with Crippen molar-refractivity contribution in [1.29, 1.82) is 0 Å². The van der Waals surface area contributed by atoms with Crippen molar-refractivity contribution in [3.05, 3.63) is 0 Å². The minimum absolute atomic E-state index is 0.102. The van der Waals surface area contributed by atoms with Crippen molar-refractivity contribution in [2.24, 2.45) is 10.8 Å². The number of hydrogen-bond donors (Lipinski definition) is 1. The van der Waals surface area contributed by atoms with Crippen LogP contribution in [0, 0.1) is 10.8 Å². The number of carbonyl (C=O) groups is 2. The third-order valence-corrected chi connectivity index (χ3v) is 2.98. The second-order valence-electron chi connectivity index (χ2n) is 4.11. The van der Waals surface area contributed by atoms with Crippen LogP contribution in [0.3, 0.4) is 0 Å². The molecule has 0 aromatic rings. The second-order valence-corrected chi connectivity index (χ2v) is 4.11. The van der Waals surface area contributed by atoms with E-state index in [0.717, 1.165) is 0 Å². The van der Waals surface area contributed by atoms with Crippen LogP contribution >= 0.6 is 0 Å². The molecular formula is C9H16O3. The Kier molecular flexibility index (Phi) is 2.68. The average molecular weight is 172 g/mol. The molecule has 0 atom stereocenters. The first-order chi connectivity index (χ1) is 5.14. The van der Waals surface area contributed by atoms with Gasteiger partial charge < -0.3 is 5.11 Å². The Labute approximate surface area is 72.8 Å². The van der Waals surface area contributed by atoms with Gasteiger partial charge in [0.25, 0.3) is 0 Å². The number of carboxylic acids is 1. The fourth-order valence-electron chi connectivity index (χ4n) is 0.707. The van der Waals surface area contributed by atoms with Crippen molar-refractivity contribution in [2.75, 3.05) is 0 Å². The monoisotopic (exact) mass is 172 g/mol. The predicted octanol–water partition coefficient (Wildman–Crippen LogP) is 1.71. The van der Waals surface area contributed by atoms with E-state index in [-0.39, 0.29) is 5.78 Å². The van der Waals surface area contributed by atoms with Crippen LogP contribution in [-0.4, -0.2) is 16.9 Å². The summed E-state index contributed by atoms with van der Waals surface area (Å²) in [5.41, 5.74) is -1.84. The van der Waals surface area contributed by atoms with Gasteiger partial charge in [0.1, 0.15) is 5.78 Å². The first-order valence-electron chi connectivity index (χ1n) is 3.88. The zero-order valence-electron chi connectivity index (χ0n) is 8.26. The molecule has 0 rings (SSSR count). The molecule has 0 bridgehead atoms. The van der Waals surface area contributed by atoms with Crippen LogP contribution < -0.4 is 0 Å². The van der Waals surface area contributed by atoms with Gasteiger partial charge in [-0.2, -0.15) is 0 Å². The van der Waals surface area contributed by atoms with Crippen LogP contribution in [0.25, 0.3) is 0 Å². The Morgan fingerprint density at radius 3 is 1.42 bits per heavy atom. The minimum atomic E-state index is -1.02. The lowest BCUT2D eigenvalue weighted by Crippen LogP contribution is -2.44. The molecule has 0 spiro atoms. The normalized spacial score (nSPS) is 12.8. The predicted molar refractivity (Wildman–Crippen MR) is 45.9 cm³/mol. The van der Waals surface area contributed by atoms with Gasteiger partial charge in [0.15, 0.2) is 0 Å². The van der Waals surface area contributed by atoms with E-state index >= 15 is 0 Å². The molecule has 3 heteroatoms. The van der Waals surface area contributed by atoms with Gasteiger partial charge in [-0.05, 0) is 20.8 Å². The molecule has 0 unspecified atom stereocenters. The lowest BCUT2D eigenvalue weighted by Gasteiger charge is -2.35. The quantitative estimate of drug-likeness (QED) is 0.705. The number of ketones is 1. The van der Waals surface area contributed by atoms with Gasteiger partial charge in [-0.3, -0.25) is 9.59 Å². The number of rotatable bonds is 3. The molecule has 0 aliphatic heterocycles.